The second-order valence-electron chi connectivity index (χ2n) is 13.6. The summed E-state index contributed by atoms with van der Waals surface area (Å²) in [5.41, 5.74) is 7.81. The maximum absolute atomic E-state index is 13.9. The van der Waals surface area contributed by atoms with Crippen LogP contribution in [-0.4, -0.2) is 70.3 Å². The van der Waals surface area contributed by atoms with Crippen LogP contribution in [0.4, 0.5) is 17.1 Å². The van der Waals surface area contributed by atoms with Crippen molar-refractivity contribution in [1.29, 1.82) is 0 Å². The van der Waals surface area contributed by atoms with E-state index in [1.54, 1.807) is 0 Å². The van der Waals surface area contributed by atoms with E-state index in [4.69, 9.17) is 23.7 Å². The van der Waals surface area contributed by atoms with Gasteiger partial charge in [0, 0.05) is 67.7 Å². The predicted molar refractivity (Wildman–Crippen MR) is 206 cm³/mol. The van der Waals surface area contributed by atoms with Crippen LogP contribution in [0.25, 0.3) is 17.2 Å². The first-order valence-corrected chi connectivity index (χ1v) is 18.5. The van der Waals surface area contributed by atoms with Crippen LogP contribution in [0.2, 0.25) is 0 Å². The van der Waals surface area contributed by atoms with Gasteiger partial charge in [-0.15, -0.1) is 0 Å². The van der Waals surface area contributed by atoms with E-state index in [1.165, 1.54) is 5.56 Å². The summed E-state index contributed by atoms with van der Waals surface area (Å²) in [6.45, 7) is 7.38. The van der Waals surface area contributed by atoms with Gasteiger partial charge < -0.3 is 33.9 Å². The summed E-state index contributed by atoms with van der Waals surface area (Å²) in [4.78, 5) is 18.5. The third kappa shape index (κ3) is 8.78. The van der Waals surface area contributed by atoms with Crippen molar-refractivity contribution in [2.45, 2.75) is 51.6 Å². The highest BCUT2D eigenvalue weighted by Gasteiger charge is 2.24. The molecule has 0 aliphatic carbocycles. The van der Waals surface area contributed by atoms with Crippen molar-refractivity contribution in [3.63, 3.8) is 0 Å². The SMILES string of the molecule is CCCCOCCOc1ccc(-c2ccc3c(c2)C=C(C(=O)Nc2ccc(CN(C)C4CCOCC4)cc2)CCN3c2ccc3c(c2)OCO3)cc1. The van der Waals surface area contributed by atoms with Gasteiger partial charge in [0.05, 0.1) is 6.61 Å². The summed E-state index contributed by atoms with van der Waals surface area (Å²) >= 11 is 0. The molecule has 0 aromatic heterocycles. The fraction of sp³-hybridized carbons (Fsp3) is 0.372. The zero-order valence-corrected chi connectivity index (χ0v) is 30.3. The molecule has 0 spiro atoms. The highest BCUT2D eigenvalue weighted by Crippen LogP contribution is 2.41. The molecule has 3 heterocycles. The quantitative estimate of drug-likeness (QED) is 0.131. The highest BCUT2D eigenvalue weighted by atomic mass is 16.7. The highest BCUT2D eigenvalue weighted by molar-refractivity contribution is 6.07. The summed E-state index contributed by atoms with van der Waals surface area (Å²) in [5.74, 6) is 2.18. The van der Waals surface area contributed by atoms with Crippen molar-refractivity contribution in [2.75, 3.05) is 63.6 Å². The minimum absolute atomic E-state index is 0.101. The molecule has 272 valence electrons. The van der Waals surface area contributed by atoms with Gasteiger partial charge in [-0.2, -0.15) is 0 Å². The summed E-state index contributed by atoms with van der Waals surface area (Å²) in [5, 5.41) is 3.17. The number of hydrogen-bond donors (Lipinski definition) is 1. The molecular weight excluding hydrogens is 654 g/mol. The zero-order valence-electron chi connectivity index (χ0n) is 30.3. The molecule has 3 aliphatic heterocycles. The van der Waals surface area contributed by atoms with Gasteiger partial charge in [0.25, 0.3) is 5.91 Å². The number of benzene rings is 4. The van der Waals surface area contributed by atoms with Crippen LogP contribution in [0.3, 0.4) is 0 Å². The van der Waals surface area contributed by atoms with E-state index in [-0.39, 0.29) is 12.7 Å². The Kier molecular flexibility index (Phi) is 11.7. The third-order valence-corrected chi connectivity index (χ3v) is 10.00. The molecule has 0 atom stereocenters. The Labute approximate surface area is 307 Å². The van der Waals surface area contributed by atoms with Crippen molar-refractivity contribution in [3.05, 3.63) is 102 Å². The molecule has 1 amide bonds. The van der Waals surface area contributed by atoms with Gasteiger partial charge in [-0.05, 0) is 110 Å². The van der Waals surface area contributed by atoms with Crippen molar-refractivity contribution in [3.8, 4) is 28.4 Å². The van der Waals surface area contributed by atoms with E-state index in [9.17, 15) is 4.79 Å². The molecular formula is C43H49N3O6. The molecule has 0 unspecified atom stereocenters. The van der Waals surface area contributed by atoms with Gasteiger partial charge in [-0.3, -0.25) is 9.69 Å². The number of carbonyl (C=O) groups is 1. The number of unbranched alkanes of at least 4 members (excludes halogenated alkanes) is 1. The monoisotopic (exact) mass is 703 g/mol. The lowest BCUT2D eigenvalue weighted by molar-refractivity contribution is -0.112. The first-order valence-electron chi connectivity index (χ1n) is 18.5. The topological polar surface area (TPSA) is 81.7 Å². The Morgan fingerprint density at radius 3 is 2.48 bits per heavy atom. The van der Waals surface area contributed by atoms with E-state index >= 15 is 0 Å². The summed E-state index contributed by atoms with van der Waals surface area (Å²) in [7, 11) is 2.18. The molecule has 9 heteroatoms. The molecule has 0 saturated carbocycles. The fourth-order valence-corrected chi connectivity index (χ4v) is 6.97. The molecule has 52 heavy (non-hydrogen) atoms. The Balaban J connectivity index is 1.08. The van der Waals surface area contributed by atoms with E-state index in [2.05, 4.69) is 71.6 Å². The first kappa shape index (κ1) is 35.6. The Morgan fingerprint density at radius 2 is 1.67 bits per heavy atom. The predicted octanol–water partition coefficient (Wildman–Crippen LogP) is 8.45. The van der Waals surface area contributed by atoms with Gasteiger partial charge in [0.15, 0.2) is 11.5 Å². The van der Waals surface area contributed by atoms with Gasteiger partial charge in [0.2, 0.25) is 6.79 Å². The van der Waals surface area contributed by atoms with E-state index in [0.717, 1.165) is 109 Å². The number of nitrogens with one attached hydrogen (secondary N) is 1. The average molecular weight is 704 g/mol. The number of carbonyl (C=O) groups excluding carboxylic acids is 1. The van der Waals surface area contributed by atoms with E-state index in [0.29, 0.717) is 32.2 Å². The van der Waals surface area contributed by atoms with E-state index in [1.807, 2.05) is 48.5 Å². The van der Waals surface area contributed by atoms with E-state index < -0.39 is 0 Å². The van der Waals surface area contributed by atoms with Gasteiger partial charge in [0.1, 0.15) is 12.4 Å². The molecule has 0 bridgehead atoms. The molecule has 7 rings (SSSR count). The third-order valence-electron chi connectivity index (χ3n) is 10.00. The number of nitrogens with zero attached hydrogens (tertiary/aromatic N) is 2. The van der Waals surface area contributed by atoms with Crippen LogP contribution in [0, 0.1) is 0 Å². The van der Waals surface area contributed by atoms with Gasteiger partial charge in [-0.25, -0.2) is 0 Å². The fourth-order valence-electron chi connectivity index (χ4n) is 6.97. The standard InChI is InChI=1S/C43H49N3O6/c1-3-4-21-48-24-25-50-39-13-7-32(8-14-39)33-9-15-40-35(26-33)27-34(17-20-46(40)38-12-16-41-42(28-38)52-30-51-41)43(47)44-36-10-5-31(6-11-36)29-45(2)37-18-22-49-23-19-37/h5-16,26-28,37H,3-4,17-25,29-30H2,1-2H3,(H,44,47). The lowest BCUT2D eigenvalue weighted by Crippen LogP contribution is -2.36. The normalized spacial score (nSPS) is 15.6. The van der Waals surface area contributed by atoms with Crippen LogP contribution in [0.5, 0.6) is 17.2 Å². The molecule has 1 saturated heterocycles. The van der Waals surface area contributed by atoms with Crippen molar-refractivity contribution in [1.82, 2.24) is 4.90 Å². The van der Waals surface area contributed by atoms with Crippen molar-refractivity contribution >= 4 is 29.0 Å². The van der Waals surface area contributed by atoms with Gasteiger partial charge >= 0.3 is 0 Å². The number of amides is 1. The molecule has 3 aliphatic rings. The smallest absolute Gasteiger partial charge is 0.251 e. The Bertz CT molecular complexity index is 1840. The van der Waals surface area contributed by atoms with Crippen molar-refractivity contribution in [2.24, 2.45) is 0 Å². The molecule has 4 aromatic carbocycles. The molecule has 1 fully saturated rings. The molecule has 4 aromatic rings. The Hall–Kier alpha value is -4.83. The minimum Gasteiger partial charge on any atom is -0.491 e. The average Bonchev–Trinajstić information content (AvgIpc) is 3.57. The second-order valence-corrected chi connectivity index (χ2v) is 13.6. The number of hydrogen-bond acceptors (Lipinski definition) is 8. The van der Waals surface area contributed by atoms with Crippen molar-refractivity contribution < 1.29 is 28.5 Å². The van der Waals surface area contributed by atoms with Crippen LogP contribution < -0.4 is 24.4 Å². The summed E-state index contributed by atoms with van der Waals surface area (Å²) in [6, 6.07) is 29.3. The summed E-state index contributed by atoms with van der Waals surface area (Å²) in [6.07, 6.45) is 6.91. The molecule has 9 nitrogen and oxygen atoms in total. The maximum Gasteiger partial charge on any atom is 0.251 e. The second kappa shape index (κ2) is 17.1. The van der Waals surface area contributed by atoms with Crippen LogP contribution in [0.1, 0.15) is 50.2 Å². The number of ether oxygens (including phenoxy) is 5. The number of anilines is 3. The largest absolute Gasteiger partial charge is 0.491 e. The van der Waals surface area contributed by atoms with Crippen LogP contribution in [-0.2, 0) is 20.8 Å². The minimum atomic E-state index is -0.101. The zero-order chi connectivity index (χ0) is 35.7. The van der Waals surface area contributed by atoms with Crippen LogP contribution >= 0.6 is 0 Å². The molecule has 0 radical (unpaired) electrons. The lowest BCUT2D eigenvalue weighted by Gasteiger charge is -2.31. The molecule has 1 N–H and O–H groups in total. The number of rotatable bonds is 14. The van der Waals surface area contributed by atoms with Crippen LogP contribution in [0.15, 0.2) is 90.5 Å². The Morgan fingerprint density at radius 1 is 0.885 bits per heavy atom. The van der Waals surface area contributed by atoms with Gasteiger partial charge in [-0.1, -0.05) is 43.7 Å². The lowest BCUT2D eigenvalue weighted by atomic mass is 10.00. The first-order chi connectivity index (χ1) is 25.5. The summed E-state index contributed by atoms with van der Waals surface area (Å²) < 4.78 is 28.4. The number of fused-ring (bicyclic) bond motifs is 2. The maximum atomic E-state index is 13.9.